The van der Waals surface area contributed by atoms with Crippen LogP contribution in [0.5, 0.6) is 0 Å². The van der Waals surface area contributed by atoms with Crippen LogP contribution in [0.3, 0.4) is 0 Å². The molecule has 0 aliphatic rings. The van der Waals surface area contributed by atoms with Crippen LogP contribution in [0, 0.1) is 0 Å². The molecule has 2 heterocycles. The van der Waals surface area contributed by atoms with Gasteiger partial charge in [-0.15, -0.1) is 0 Å². The number of nitrogens with zero attached hydrogens (tertiary/aromatic N) is 2. The topological polar surface area (TPSA) is 21.3 Å². The van der Waals surface area contributed by atoms with Crippen molar-refractivity contribution >= 4 is 82.4 Å². The third-order valence-electron chi connectivity index (χ3n) is 14.4. The van der Waals surface area contributed by atoms with Crippen LogP contribution in [0.1, 0.15) is 0 Å². The van der Waals surface area contributed by atoms with Crippen molar-refractivity contribution in [1.29, 1.82) is 0 Å². The normalized spacial score (nSPS) is 11.7. The third kappa shape index (κ3) is 6.97. The van der Waals surface area contributed by atoms with E-state index in [4.69, 9.17) is 4.42 Å². The van der Waals surface area contributed by atoms with Crippen LogP contribution >= 0.6 is 0 Å². The van der Waals surface area contributed by atoms with Gasteiger partial charge < -0.3 is 13.9 Å². The van der Waals surface area contributed by atoms with Crippen LogP contribution in [0.15, 0.2) is 271 Å². The summed E-state index contributed by atoms with van der Waals surface area (Å²) in [5, 5.41) is 9.79. The van der Waals surface area contributed by atoms with E-state index in [1.165, 1.54) is 60.0 Å². The molecule has 0 spiro atoms. The summed E-state index contributed by atoms with van der Waals surface area (Å²) in [6.07, 6.45) is 0. The Hall–Kier alpha value is -9.44. The number of anilines is 3. The number of rotatable bonds is 8. The molecule has 3 heteroatoms. The van der Waals surface area contributed by atoms with E-state index in [0.29, 0.717) is 0 Å². The zero-order valence-corrected chi connectivity index (χ0v) is 38.7. The second-order valence-corrected chi connectivity index (χ2v) is 18.5. The Morgan fingerprint density at radius 3 is 1.61 bits per heavy atom. The lowest BCUT2D eigenvalue weighted by Gasteiger charge is -2.28. The van der Waals surface area contributed by atoms with E-state index in [-0.39, 0.29) is 0 Å². The maximum atomic E-state index is 6.42. The minimum absolute atomic E-state index is 0.877. The van der Waals surface area contributed by atoms with Gasteiger partial charge in [-0.2, -0.15) is 0 Å². The molecule has 0 atom stereocenters. The van der Waals surface area contributed by atoms with Crippen LogP contribution in [0.2, 0.25) is 0 Å². The van der Waals surface area contributed by atoms with Crippen LogP contribution in [-0.2, 0) is 0 Å². The molecule has 3 nitrogen and oxygen atoms in total. The van der Waals surface area contributed by atoms with Gasteiger partial charge in [-0.05, 0) is 139 Å². The van der Waals surface area contributed by atoms with Crippen LogP contribution in [-0.4, -0.2) is 4.57 Å². The van der Waals surface area contributed by atoms with E-state index >= 15 is 0 Å². The molecule has 0 amide bonds. The highest BCUT2D eigenvalue weighted by Gasteiger charge is 2.20. The van der Waals surface area contributed by atoms with E-state index < -0.39 is 0 Å². The lowest BCUT2D eigenvalue weighted by molar-refractivity contribution is 0.669. The Morgan fingerprint density at radius 1 is 0.282 bits per heavy atom. The maximum absolute atomic E-state index is 6.42. The summed E-state index contributed by atoms with van der Waals surface area (Å²) >= 11 is 0. The van der Waals surface area contributed by atoms with Gasteiger partial charge in [0.05, 0.1) is 16.7 Å². The first-order valence-corrected chi connectivity index (χ1v) is 24.3. The molecule has 0 radical (unpaired) electrons. The maximum Gasteiger partial charge on any atom is 0.136 e. The number of benzene rings is 12. The number of furan rings is 1. The Labute approximate surface area is 411 Å². The average molecular weight is 905 g/mol. The van der Waals surface area contributed by atoms with E-state index in [0.717, 1.165) is 72.5 Å². The summed E-state index contributed by atoms with van der Waals surface area (Å²) in [5.74, 6) is 0. The highest BCUT2D eigenvalue weighted by atomic mass is 16.3. The number of hydrogen-bond donors (Lipinski definition) is 0. The highest BCUT2D eigenvalue weighted by Crippen LogP contribution is 2.44. The van der Waals surface area contributed by atoms with Crippen molar-refractivity contribution in [2.24, 2.45) is 0 Å². The van der Waals surface area contributed by atoms with Crippen molar-refractivity contribution in [2.45, 2.75) is 0 Å². The first kappa shape index (κ1) is 40.6. The number of hydrogen-bond acceptors (Lipinski definition) is 2. The second-order valence-electron chi connectivity index (χ2n) is 18.5. The van der Waals surface area contributed by atoms with Crippen LogP contribution < -0.4 is 4.90 Å². The molecular weight excluding hydrogens is 861 g/mol. The molecule has 71 heavy (non-hydrogen) atoms. The van der Waals surface area contributed by atoms with Gasteiger partial charge in [-0.25, -0.2) is 0 Å². The molecule has 0 saturated carbocycles. The Balaban J connectivity index is 0.836. The van der Waals surface area contributed by atoms with Gasteiger partial charge in [-0.3, -0.25) is 0 Å². The van der Waals surface area contributed by atoms with Crippen molar-refractivity contribution < 1.29 is 4.42 Å². The Kier molecular flexibility index (Phi) is 9.53. The second kappa shape index (κ2) is 16.7. The Morgan fingerprint density at radius 2 is 0.817 bits per heavy atom. The SMILES string of the molecule is c1cc(-c2ccc3c(ccc4ccccc43)c2)cc(N(c2ccc(-c3ccc(-c4cccc(-n5c6ccccc6c6ccccc65)c4)cc3)cc2)c2ccccc2-c2ccc3c(c2)oc2ccccc23)c1. The molecule has 0 fully saturated rings. The minimum atomic E-state index is 0.877. The standard InChI is InChI=1S/C68H44N2O/c1-2-18-57-48(13-1)31-32-52-41-51(35-39-58(52)57)50-15-12-16-55(43-50)69(64-23-7-3-19-59(64)53-36-40-63-62-22-6-10-26-67(62)71-68(63)44-53)54-37-33-46(34-38-54)45-27-29-47(30-28-45)49-14-11-17-56(42-49)70-65-24-8-4-20-60(65)61-21-5-9-25-66(61)70/h1-44H. The summed E-state index contributed by atoms with van der Waals surface area (Å²) in [5.41, 5.74) is 17.8. The van der Waals surface area contributed by atoms with Crippen LogP contribution in [0.4, 0.5) is 17.1 Å². The molecule has 0 unspecified atom stereocenters. The van der Waals surface area contributed by atoms with Crippen LogP contribution in [0.25, 0.3) is 115 Å². The molecule has 0 bridgehead atoms. The van der Waals surface area contributed by atoms with Crippen molar-refractivity contribution in [1.82, 2.24) is 4.57 Å². The molecule has 0 aliphatic heterocycles. The van der Waals surface area contributed by atoms with Gasteiger partial charge in [0, 0.05) is 44.2 Å². The Bertz CT molecular complexity index is 4290. The summed E-state index contributed by atoms with van der Waals surface area (Å²) < 4.78 is 8.81. The van der Waals surface area contributed by atoms with Crippen molar-refractivity contribution in [3.63, 3.8) is 0 Å². The van der Waals surface area contributed by atoms with E-state index in [1.807, 2.05) is 12.1 Å². The lowest BCUT2D eigenvalue weighted by atomic mass is 9.96. The smallest absolute Gasteiger partial charge is 0.136 e. The summed E-state index contributed by atoms with van der Waals surface area (Å²) in [7, 11) is 0. The predicted molar refractivity (Wildman–Crippen MR) is 299 cm³/mol. The first-order valence-electron chi connectivity index (χ1n) is 24.3. The molecule has 14 rings (SSSR count). The van der Waals surface area contributed by atoms with E-state index in [1.54, 1.807) is 0 Å². The molecular formula is C68H44N2O. The van der Waals surface area contributed by atoms with E-state index in [9.17, 15) is 0 Å². The van der Waals surface area contributed by atoms with Gasteiger partial charge in [0.25, 0.3) is 0 Å². The third-order valence-corrected chi connectivity index (χ3v) is 14.4. The number of para-hydroxylation sites is 4. The van der Waals surface area contributed by atoms with Gasteiger partial charge in [0.15, 0.2) is 0 Å². The predicted octanol–water partition coefficient (Wildman–Crippen LogP) is 19.1. The van der Waals surface area contributed by atoms with Crippen molar-refractivity contribution in [3.05, 3.63) is 267 Å². The zero-order chi connectivity index (χ0) is 46.8. The lowest BCUT2D eigenvalue weighted by Crippen LogP contribution is -2.11. The zero-order valence-electron chi connectivity index (χ0n) is 38.7. The fourth-order valence-electron chi connectivity index (χ4n) is 10.9. The fraction of sp³-hybridized carbons (Fsp3) is 0. The molecule has 12 aromatic carbocycles. The molecule has 0 aliphatic carbocycles. The molecule has 0 saturated heterocycles. The average Bonchev–Trinajstić information content (AvgIpc) is 3.99. The fourth-order valence-corrected chi connectivity index (χ4v) is 10.9. The first-order chi connectivity index (χ1) is 35.2. The largest absolute Gasteiger partial charge is 0.456 e. The quantitative estimate of drug-likeness (QED) is 0.142. The van der Waals surface area contributed by atoms with Gasteiger partial charge in [0.2, 0.25) is 0 Å². The van der Waals surface area contributed by atoms with E-state index in [2.05, 4.69) is 264 Å². The number of aromatic nitrogens is 1. The van der Waals surface area contributed by atoms with Crippen molar-refractivity contribution in [3.8, 4) is 50.2 Å². The molecule has 14 aromatic rings. The van der Waals surface area contributed by atoms with Gasteiger partial charge >= 0.3 is 0 Å². The molecule has 0 N–H and O–H groups in total. The highest BCUT2D eigenvalue weighted by molar-refractivity contribution is 6.10. The van der Waals surface area contributed by atoms with Crippen molar-refractivity contribution in [2.75, 3.05) is 4.90 Å². The minimum Gasteiger partial charge on any atom is -0.456 e. The monoisotopic (exact) mass is 904 g/mol. The van der Waals surface area contributed by atoms with Gasteiger partial charge in [-0.1, -0.05) is 188 Å². The molecule has 2 aromatic heterocycles. The van der Waals surface area contributed by atoms with Gasteiger partial charge in [0.1, 0.15) is 11.2 Å². The summed E-state index contributed by atoms with van der Waals surface area (Å²) in [4.78, 5) is 2.40. The molecule has 332 valence electrons. The number of fused-ring (bicyclic) bond motifs is 9. The summed E-state index contributed by atoms with van der Waals surface area (Å²) in [6.45, 7) is 0. The summed E-state index contributed by atoms with van der Waals surface area (Å²) in [6, 6.07) is 96.8.